The SMILES string of the molecule is CCOC(=O)c1cc2cc(NC(=O)c3c(C)c(C)n[nH]c3=O)ccc2s1. The van der Waals surface area contributed by atoms with Crippen LogP contribution in [0.3, 0.4) is 0 Å². The molecule has 0 atom stereocenters. The first-order valence-electron chi connectivity index (χ1n) is 7.98. The number of aromatic amines is 1. The monoisotopic (exact) mass is 371 g/mol. The van der Waals surface area contributed by atoms with Gasteiger partial charge in [0, 0.05) is 10.4 Å². The molecule has 7 nitrogen and oxygen atoms in total. The van der Waals surface area contributed by atoms with Crippen molar-refractivity contribution in [1.29, 1.82) is 0 Å². The molecule has 2 N–H and O–H groups in total. The molecule has 3 rings (SSSR count). The Kier molecular flexibility index (Phi) is 4.85. The molecule has 0 saturated carbocycles. The lowest BCUT2D eigenvalue weighted by atomic mass is 10.1. The first kappa shape index (κ1) is 17.8. The number of ether oxygens (including phenoxy) is 1. The molecule has 134 valence electrons. The highest BCUT2D eigenvalue weighted by Gasteiger charge is 2.17. The van der Waals surface area contributed by atoms with Gasteiger partial charge in [-0.15, -0.1) is 11.3 Å². The van der Waals surface area contributed by atoms with Gasteiger partial charge in [-0.1, -0.05) is 0 Å². The molecule has 1 amide bonds. The fourth-order valence-corrected chi connectivity index (χ4v) is 3.45. The molecule has 0 aliphatic carbocycles. The summed E-state index contributed by atoms with van der Waals surface area (Å²) in [5.41, 5.74) is 1.15. The van der Waals surface area contributed by atoms with Gasteiger partial charge in [-0.3, -0.25) is 9.59 Å². The van der Waals surface area contributed by atoms with Crippen LogP contribution in [-0.2, 0) is 4.74 Å². The smallest absolute Gasteiger partial charge is 0.348 e. The Bertz CT molecular complexity index is 1070. The van der Waals surface area contributed by atoms with Crippen LogP contribution in [0.5, 0.6) is 0 Å². The van der Waals surface area contributed by atoms with Crippen molar-refractivity contribution in [2.75, 3.05) is 11.9 Å². The number of aryl methyl sites for hydroxylation is 1. The largest absolute Gasteiger partial charge is 0.462 e. The Morgan fingerprint density at radius 2 is 2.04 bits per heavy atom. The van der Waals surface area contributed by atoms with Crippen LogP contribution < -0.4 is 10.9 Å². The van der Waals surface area contributed by atoms with E-state index in [4.69, 9.17) is 4.74 Å². The number of rotatable bonds is 4. The van der Waals surface area contributed by atoms with Crippen molar-refractivity contribution in [3.63, 3.8) is 0 Å². The summed E-state index contributed by atoms with van der Waals surface area (Å²) in [6, 6.07) is 7.02. The number of carbonyl (C=O) groups excluding carboxylic acids is 2. The van der Waals surface area contributed by atoms with Crippen molar-refractivity contribution in [2.45, 2.75) is 20.8 Å². The zero-order valence-corrected chi connectivity index (χ0v) is 15.3. The predicted octanol–water partition coefficient (Wildman–Crippen LogP) is 3.03. The molecule has 0 unspecified atom stereocenters. The summed E-state index contributed by atoms with van der Waals surface area (Å²) < 4.78 is 5.91. The van der Waals surface area contributed by atoms with Gasteiger partial charge >= 0.3 is 5.97 Å². The van der Waals surface area contributed by atoms with E-state index in [1.165, 1.54) is 11.3 Å². The Hall–Kier alpha value is -3.00. The molecular formula is C18H17N3O4S. The van der Waals surface area contributed by atoms with E-state index in [0.29, 0.717) is 28.4 Å². The molecule has 1 aromatic carbocycles. The number of carbonyl (C=O) groups is 2. The minimum atomic E-state index is -0.535. The standard InChI is InChI=1S/C18H17N3O4S/c1-4-25-18(24)14-8-11-7-12(5-6-13(11)26-14)19-16(22)15-9(2)10(3)20-21-17(15)23/h5-8H,4H2,1-3H3,(H,19,22)(H,21,23). The van der Waals surface area contributed by atoms with Crippen molar-refractivity contribution < 1.29 is 14.3 Å². The summed E-state index contributed by atoms with van der Waals surface area (Å²) in [5, 5.41) is 9.70. The van der Waals surface area contributed by atoms with Crippen molar-refractivity contribution in [2.24, 2.45) is 0 Å². The Morgan fingerprint density at radius 1 is 1.27 bits per heavy atom. The number of H-pyrrole nitrogens is 1. The van der Waals surface area contributed by atoms with E-state index in [1.807, 2.05) is 6.07 Å². The maximum Gasteiger partial charge on any atom is 0.348 e. The van der Waals surface area contributed by atoms with E-state index in [2.05, 4.69) is 15.5 Å². The topological polar surface area (TPSA) is 101 Å². The fraction of sp³-hybridized carbons (Fsp3) is 0.222. The molecule has 2 heterocycles. The first-order valence-corrected chi connectivity index (χ1v) is 8.80. The van der Waals surface area contributed by atoms with Gasteiger partial charge in [0.15, 0.2) is 0 Å². The van der Waals surface area contributed by atoms with Crippen molar-refractivity contribution in [3.05, 3.63) is 56.3 Å². The van der Waals surface area contributed by atoms with Gasteiger partial charge in [-0.25, -0.2) is 9.89 Å². The second kappa shape index (κ2) is 7.09. The molecule has 0 bridgehead atoms. The van der Waals surface area contributed by atoms with E-state index < -0.39 is 11.5 Å². The number of fused-ring (bicyclic) bond motifs is 1. The molecule has 8 heteroatoms. The number of hydrogen-bond donors (Lipinski definition) is 2. The molecule has 0 saturated heterocycles. The van der Waals surface area contributed by atoms with E-state index in [9.17, 15) is 14.4 Å². The molecule has 0 radical (unpaired) electrons. The molecule has 0 aliphatic rings. The number of aromatic nitrogens is 2. The summed E-state index contributed by atoms with van der Waals surface area (Å²) in [4.78, 5) is 36.8. The third-order valence-electron chi connectivity index (χ3n) is 3.95. The minimum absolute atomic E-state index is 0.0372. The minimum Gasteiger partial charge on any atom is -0.462 e. The summed E-state index contributed by atoms with van der Waals surface area (Å²) >= 11 is 1.33. The average Bonchev–Trinajstić information content (AvgIpc) is 3.02. The number of hydrogen-bond acceptors (Lipinski definition) is 6. The number of amides is 1. The van der Waals surface area contributed by atoms with Crippen LogP contribution in [0.25, 0.3) is 10.1 Å². The van der Waals surface area contributed by atoms with Crippen LogP contribution in [0.1, 0.15) is 38.2 Å². The fourth-order valence-electron chi connectivity index (χ4n) is 2.52. The van der Waals surface area contributed by atoms with Gasteiger partial charge in [-0.05, 0) is 56.0 Å². The molecular weight excluding hydrogens is 354 g/mol. The van der Waals surface area contributed by atoms with Gasteiger partial charge in [0.2, 0.25) is 0 Å². The average molecular weight is 371 g/mol. The van der Waals surface area contributed by atoms with Crippen molar-refractivity contribution in [1.82, 2.24) is 10.2 Å². The zero-order valence-electron chi connectivity index (χ0n) is 14.5. The normalized spacial score (nSPS) is 10.7. The second-order valence-electron chi connectivity index (χ2n) is 5.68. The Labute approximate surface area is 153 Å². The predicted molar refractivity (Wildman–Crippen MR) is 100 cm³/mol. The molecule has 2 aromatic heterocycles. The number of esters is 1. The van der Waals surface area contributed by atoms with E-state index in [0.717, 1.165) is 10.1 Å². The highest BCUT2D eigenvalue weighted by Crippen LogP contribution is 2.29. The van der Waals surface area contributed by atoms with Crippen molar-refractivity contribution >= 4 is 39.0 Å². The van der Waals surface area contributed by atoms with Crippen molar-refractivity contribution in [3.8, 4) is 0 Å². The lowest BCUT2D eigenvalue weighted by Gasteiger charge is -2.08. The van der Waals surface area contributed by atoms with Crippen LogP contribution in [-0.4, -0.2) is 28.7 Å². The highest BCUT2D eigenvalue weighted by atomic mass is 32.1. The molecule has 26 heavy (non-hydrogen) atoms. The maximum absolute atomic E-state index is 12.5. The van der Waals surface area contributed by atoms with E-state index in [-0.39, 0.29) is 11.5 Å². The highest BCUT2D eigenvalue weighted by molar-refractivity contribution is 7.20. The van der Waals surface area contributed by atoms with Gasteiger partial charge < -0.3 is 10.1 Å². The Balaban J connectivity index is 1.90. The third-order valence-corrected chi connectivity index (χ3v) is 5.04. The number of benzene rings is 1. The summed E-state index contributed by atoms with van der Waals surface area (Å²) in [5.74, 6) is -0.872. The van der Waals surface area contributed by atoms with Crippen LogP contribution in [0.4, 0.5) is 5.69 Å². The molecule has 3 aromatic rings. The molecule has 0 spiro atoms. The third kappa shape index (κ3) is 3.36. The zero-order chi connectivity index (χ0) is 18.8. The summed E-state index contributed by atoms with van der Waals surface area (Å²) in [6.45, 7) is 5.47. The first-order chi connectivity index (χ1) is 12.4. The number of anilines is 1. The van der Waals surface area contributed by atoms with Crippen LogP contribution in [0.2, 0.25) is 0 Å². The van der Waals surface area contributed by atoms with E-state index in [1.54, 1.807) is 39.0 Å². The van der Waals surface area contributed by atoms with Gasteiger partial charge in [-0.2, -0.15) is 5.10 Å². The molecule has 0 fully saturated rings. The number of nitrogens with zero attached hydrogens (tertiary/aromatic N) is 1. The second-order valence-corrected chi connectivity index (χ2v) is 6.76. The Morgan fingerprint density at radius 3 is 2.77 bits per heavy atom. The van der Waals surface area contributed by atoms with Crippen LogP contribution in [0, 0.1) is 13.8 Å². The van der Waals surface area contributed by atoms with Gasteiger partial charge in [0.1, 0.15) is 10.4 Å². The van der Waals surface area contributed by atoms with Crippen LogP contribution in [0.15, 0.2) is 29.1 Å². The lowest BCUT2D eigenvalue weighted by molar-refractivity contribution is 0.0532. The van der Waals surface area contributed by atoms with Gasteiger partial charge in [0.25, 0.3) is 11.5 Å². The summed E-state index contributed by atoms with van der Waals surface area (Å²) in [7, 11) is 0. The maximum atomic E-state index is 12.5. The molecule has 0 aliphatic heterocycles. The van der Waals surface area contributed by atoms with Gasteiger partial charge in [0.05, 0.1) is 12.3 Å². The number of nitrogens with one attached hydrogen (secondary N) is 2. The van der Waals surface area contributed by atoms with Crippen LogP contribution >= 0.6 is 11.3 Å². The number of thiophene rings is 1. The summed E-state index contributed by atoms with van der Waals surface area (Å²) in [6.07, 6.45) is 0. The lowest BCUT2D eigenvalue weighted by Crippen LogP contribution is -2.26. The van der Waals surface area contributed by atoms with E-state index >= 15 is 0 Å². The quantitative estimate of drug-likeness (QED) is 0.687.